The van der Waals surface area contributed by atoms with Gasteiger partial charge in [-0.2, -0.15) is 0 Å². The number of urea groups is 1. The Morgan fingerprint density at radius 1 is 1.54 bits per heavy atom. The van der Waals surface area contributed by atoms with Gasteiger partial charge in [0.15, 0.2) is 0 Å². The molecule has 3 amide bonds. The fraction of sp³-hybridized carbons (Fsp3) is 0.778. The molecule has 4 nitrogen and oxygen atoms in total. The first-order valence-electron chi connectivity index (χ1n) is 4.68. The standard InChI is InChI=1S/C9H16N2O2/c1-4-7-5-8(12)11(6(2)3)9(13)10-7/h6-7H,4-5H2,1-3H3,(H,10,13). The van der Waals surface area contributed by atoms with E-state index >= 15 is 0 Å². The molecule has 0 saturated carbocycles. The third-order valence-electron chi connectivity index (χ3n) is 2.25. The highest BCUT2D eigenvalue weighted by molar-refractivity contribution is 5.97. The summed E-state index contributed by atoms with van der Waals surface area (Å²) in [7, 11) is 0. The quantitative estimate of drug-likeness (QED) is 0.699. The molecule has 1 heterocycles. The molecular formula is C9H16N2O2. The molecule has 74 valence electrons. The van der Waals surface area contributed by atoms with Crippen LogP contribution in [0, 0.1) is 0 Å². The normalized spacial score (nSPS) is 23.7. The number of hydrogen-bond acceptors (Lipinski definition) is 2. The second kappa shape index (κ2) is 3.77. The molecule has 0 aliphatic carbocycles. The summed E-state index contributed by atoms with van der Waals surface area (Å²) < 4.78 is 0. The molecule has 1 N–H and O–H groups in total. The first-order valence-corrected chi connectivity index (χ1v) is 4.68. The van der Waals surface area contributed by atoms with Crippen molar-refractivity contribution in [3.05, 3.63) is 0 Å². The predicted octanol–water partition coefficient (Wildman–Crippen LogP) is 1.12. The van der Waals surface area contributed by atoms with Crippen molar-refractivity contribution in [1.82, 2.24) is 10.2 Å². The topological polar surface area (TPSA) is 49.4 Å². The van der Waals surface area contributed by atoms with E-state index in [2.05, 4.69) is 5.32 Å². The van der Waals surface area contributed by atoms with E-state index in [1.54, 1.807) is 0 Å². The Morgan fingerprint density at radius 2 is 2.15 bits per heavy atom. The molecule has 1 saturated heterocycles. The van der Waals surface area contributed by atoms with Crippen molar-refractivity contribution < 1.29 is 9.59 Å². The molecule has 13 heavy (non-hydrogen) atoms. The lowest BCUT2D eigenvalue weighted by molar-refractivity contribution is -0.131. The van der Waals surface area contributed by atoms with Crippen LogP contribution in [0.5, 0.6) is 0 Å². The van der Waals surface area contributed by atoms with E-state index in [4.69, 9.17) is 0 Å². The van der Waals surface area contributed by atoms with Crippen LogP contribution in [0.2, 0.25) is 0 Å². The molecule has 0 radical (unpaired) electrons. The molecule has 1 aliphatic heterocycles. The van der Waals surface area contributed by atoms with Crippen molar-refractivity contribution in [3.63, 3.8) is 0 Å². The Hall–Kier alpha value is -1.06. The van der Waals surface area contributed by atoms with Gasteiger partial charge >= 0.3 is 6.03 Å². The molecular weight excluding hydrogens is 168 g/mol. The number of carbonyl (C=O) groups is 2. The number of amides is 3. The SMILES string of the molecule is CCC1CC(=O)N(C(C)C)C(=O)N1. The number of carbonyl (C=O) groups excluding carboxylic acids is 2. The van der Waals surface area contributed by atoms with Crippen LogP contribution in [0.3, 0.4) is 0 Å². The zero-order valence-corrected chi connectivity index (χ0v) is 8.33. The molecule has 1 unspecified atom stereocenters. The van der Waals surface area contributed by atoms with Crippen molar-refractivity contribution in [2.45, 2.75) is 45.7 Å². The van der Waals surface area contributed by atoms with Gasteiger partial charge in [0, 0.05) is 18.5 Å². The second-order valence-corrected chi connectivity index (χ2v) is 3.62. The van der Waals surface area contributed by atoms with Gasteiger partial charge in [0.25, 0.3) is 0 Å². The fourth-order valence-corrected chi connectivity index (χ4v) is 1.49. The van der Waals surface area contributed by atoms with Crippen LogP contribution < -0.4 is 5.32 Å². The van der Waals surface area contributed by atoms with Crippen molar-refractivity contribution in [2.24, 2.45) is 0 Å². The molecule has 0 aromatic carbocycles. The first kappa shape index (κ1) is 10.0. The van der Waals surface area contributed by atoms with E-state index < -0.39 is 0 Å². The molecule has 4 heteroatoms. The van der Waals surface area contributed by atoms with E-state index in [1.165, 1.54) is 4.90 Å². The van der Waals surface area contributed by atoms with Gasteiger partial charge in [-0.05, 0) is 20.3 Å². The van der Waals surface area contributed by atoms with Gasteiger partial charge in [-0.3, -0.25) is 9.69 Å². The van der Waals surface area contributed by atoms with Gasteiger partial charge in [0.2, 0.25) is 5.91 Å². The smallest absolute Gasteiger partial charge is 0.324 e. The zero-order chi connectivity index (χ0) is 10.0. The number of nitrogens with one attached hydrogen (secondary N) is 1. The van der Waals surface area contributed by atoms with Gasteiger partial charge < -0.3 is 5.32 Å². The Balaban J connectivity index is 2.70. The molecule has 1 atom stereocenters. The highest BCUT2D eigenvalue weighted by Gasteiger charge is 2.32. The molecule has 0 spiro atoms. The second-order valence-electron chi connectivity index (χ2n) is 3.62. The van der Waals surface area contributed by atoms with Gasteiger partial charge in [0.1, 0.15) is 0 Å². The van der Waals surface area contributed by atoms with Crippen LogP contribution >= 0.6 is 0 Å². The van der Waals surface area contributed by atoms with Crippen molar-refractivity contribution in [1.29, 1.82) is 0 Å². The zero-order valence-electron chi connectivity index (χ0n) is 8.33. The first-order chi connectivity index (χ1) is 6.06. The maximum Gasteiger partial charge on any atom is 0.324 e. The number of nitrogens with zero attached hydrogens (tertiary/aromatic N) is 1. The monoisotopic (exact) mass is 184 g/mol. The van der Waals surface area contributed by atoms with E-state index in [0.717, 1.165) is 6.42 Å². The summed E-state index contributed by atoms with van der Waals surface area (Å²) >= 11 is 0. The summed E-state index contributed by atoms with van der Waals surface area (Å²) in [5, 5.41) is 2.79. The third kappa shape index (κ3) is 1.99. The highest BCUT2D eigenvalue weighted by atomic mass is 16.2. The third-order valence-corrected chi connectivity index (χ3v) is 2.25. The minimum absolute atomic E-state index is 0.0231. The van der Waals surface area contributed by atoms with Crippen molar-refractivity contribution >= 4 is 11.9 Å². The van der Waals surface area contributed by atoms with Gasteiger partial charge in [-0.15, -0.1) is 0 Å². The minimum Gasteiger partial charge on any atom is -0.334 e. The van der Waals surface area contributed by atoms with Gasteiger partial charge in [0.05, 0.1) is 0 Å². The molecule has 1 rings (SSSR count). The molecule has 1 fully saturated rings. The average Bonchev–Trinajstić information content (AvgIpc) is 2.02. The maximum atomic E-state index is 11.5. The minimum atomic E-state index is -0.252. The molecule has 1 aliphatic rings. The Labute approximate surface area is 78.3 Å². The molecule has 0 bridgehead atoms. The van der Waals surface area contributed by atoms with Crippen LogP contribution in [-0.4, -0.2) is 28.9 Å². The largest absolute Gasteiger partial charge is 0.334 e. The van der Waals surface area contributed by atoms with Crippen molar-refractivity contribution in [3.8, 4) is 0 Å². The lowest BCUT2D eigenvalue weighted by Gasteiger charge is -2.33. The number of rotatable bonds is 2. The van der Waals surface area contributed by atoms with Crippen LogP contribution in [0.1, 0.15) is 33.6 Å². The lowest BCUT2D eigenvalue weighted by Crippen LogP contribution is -2.56. The van der Waals surface area contributed by atoms with Gasteiger partial charge in [-0.1, -0.05) is 6.92 Å². The summed E-state index contributed by atoms with van der Waals surface area (Å²) in [6, 6.07) is -0.279. The van der Waals surface area contributed by atoms with Crippen LogP contribution in [0.15, 0.2) is 0 Å². The molecule has 0 aromatic heterocycles. The number of hydrogen-bond donors (Lipinski definition) is 1. The van der Waals surface area contributed by atoms with Crippen LogP contribution in [0.4, 0.5) is 4.79 Å². The van der Waals surface area contributed by atoms with Crippen LogP contribution in [-0.2, 0) is 4.79 Å². The van der Waals surface area contributed by atoms with E-state index in [1.807, 2.05) is 20.8 Å². The lowest BCUT2D eigenvalue weighted by atomic mass is 10.1. The Morgan fingerprint density at radius 3 is 2.54 bits per heavy atom. The van der Waals surface area contributed by atoms with Crippen LogP contribution in [0.25, 0.3) is 0 Å². The summed E-state index contributed by atoms with van der Waals surface area (Å²) in [6.07, 6.45) is 1.24. The highest BCUT2D eigenvalue weighted by Crippen LogP contribution is 2.12. The Bertz CT molecular complexity index is 208. The number of imide groups is 1. The summed E-state index contributed by atoms with van der Waals surface area (Å²) in [5.41, 5.74) is 0. The summed E-state index contributed by atoms with van der Waals surface area (Å²) in [6.45, 7) is 5.64. The average molecular weight is 184 g/mol. The van der Waals surface area contributed by atoms with E-state index in [0.29, 0.717) is 6.42 Å². The van der Waals surface area contributed by atoms with E-state index in [-0.39, 0.29) is 24.0 Å². The predicted molar refractivity (Wildman–Crippen MR) is 49.2 cm³/mol. The van der Waals surface area contributed by atoms with Crippen molar-refractivity contribution in [2.75, 3.05) is 0 Å². The maximum absolute atomic E-state index is 11.5. The summed E-state index contributed by atoms with van der Waals surface area (Å²) in [4.78, 5) is 24.2. The van der Waals surface area contributed by atoms with E-state index in [9.17, 15) is 9.59 Å². The Kier molecular flexibility index (Phi) is 2.90. The van der Waals surface area contributed by atoms with Gasteiger partial charge in [-0.25, -0.2) is 4.79 Å². The molecule has 0 aromatic rings. The fourth-order valence-electron chi connectivity index (χ4n) is 1.49. The summed E-state index contributed by atoms with van der Waals surface area (Å²) in [5.74, 6) is -0.0643.